The molecule has 2 unspecified atom stereocenters. The molecule has 2 aliphatic rings. The van der Waals surface area contributed by atoms with E-state index < -0.39 is 0 Å². The second-order valence-corrected chi connectivity index (χ2v) is 5.16. The molecule has 2 atom stereocenters. The quantitative estimate of drug-likeness (QED) is 0.575. The zero-order valence-corrected chi connectivity index (χ0v) is 10.3. The Morgan fingerprint density at radius 2 is 2.12 bits per heavy atom. The minimum absolute atomic E-state index is 0.159. The van der Waals surface area contributed by atoms with E-state index in [1.165, 1.54) is 12.8 Å². The average Bonchev–Trinajstić information content (AvgIpc) is 3.01. The normalized spacial score (nSPS) is 29.3. The number of halogens is 1. The van der Waals surface area contributed by atoms with Crippen LogP contribution in [0.1, 0.15) is 38.5 Å². The Balaban J connectivity index is 1.69. The van der Waals surface area contributed by atoms with Crippen LogP contribution < -0.4 is 5.32 Å². The van der Waals surface area contributed by atoms with Gasteiger partial charge in [-0.1, -0.05) is 0 Å². The molecule has 0 radical (unpaired) electrons. The van der Waals surface area contributed by atoms with Gasteiger partial charge in [-0.2, -0.15) is 0 Å². The number of hydrogen-bond acceptors (Lipinski definition) is 2. The lowest BCUT2D eigenvalue weighted by molar-refractivity contribution is -0.122. The van der Waals surface area contributed by atoms with E-state index in [1.807, 2.05) is 0 Å². The van der Waals surface area contributed by atoms with Crippen LogP contribution in [0.25, 0.3) is 0 Å². The van der Waals surface area contributed by atoms with Crippen LogP contribution in [-0.4, -0.2) is 30.5 Å². The van der Waals surface area contributed by atoms with E-state index >= 15 is 0 Å². The van der Waals surface area contributed by atoms with E-state index in [1.54, 1.807) is 0 Å². The Morgan fingerprint density at radius 3 is 2.81 bits per heavy atom. The van der Waals surface area contributed by atoms with E-state index in [4.69, 9.17) is 16.3 Å². The number of hydrogen-bond donors (Lipinski definition) is 1. The molecule has 0 aromatic carbocycles. The molecule has 16 heavy (non-hydrogen) atoms. The zero-order valence-electron chi connectivity index (χ0n) is 9.58. The van der Waals surface area contributed by atoms with Gasteiger partial charge in [0, 0.05) is 18.9 Å². The third-order valence-electron chi connectivity index (χ3n) is 3.36. The van der Waals surface area contributed by atoms with Gasteiger partial charge in [0.15, 0.2) is 0 Å². The molecule has 1 N–H and O–H groups in total. The largest absolute Gasteiger partial charge is 0.376 e. The third-order valence-corrected chi connectivity index (χ3v) is 3.62. The van der Waals surface area contributed by atoms with Crippen LogP contribution >= 0.6 is 11.6 Å². The van der Waals surface area contributed by atoms with Gasteiger partial charge in [0.2, 0.25) is 5.91 Å². The number of ether oxygens (including phenoxy) is 1. The van der Waals surface area contributed by atoms with Crippen LogP contribution in [-0.2, 0) is 9.53 Å². The van der Waals surface area contributed by atoms with Gasteiger partial charge in [0.1, 0.15) is 0 Å². The second kappa shape index (κ2) is 5.87. The van der Waals surface area contributed by atoms with Gasteiger partial charge in [-0.05, 0) is 38.0 Å². The fourth-order valence-corrected chi connectivity index (χ4v) is 2.50. The first kappa shape index (κ1) is 12.2. The van der Waals surface area contributed by atoms with Gasteiger partial charge >= 0.3 is 0 Å². The first-order valence-electron chi connectivity index (χ1n) is 6.28. The molecule has 0 spiro atoms. The smallest absolute Gasteiger partial charge is 0.220 e. The zero-order chi connectivity index (χ0) is 11.4. The summed E-state index contributed by atoms with van der Waals surface area (Å²) in [6.07, 6.45) is 6.20. The van der Waals surface area contributed by atoms with Crippen molar-refractivity contribution < 1.29 is 9.53 Å². The Morgan fingerprint density at radius 1 is 1.31 bits per heavy atom. The summed E-state index contributed by atoms with van der Waals surface area (Å²) in [4.78, 5) is 11.7. The molecule has 0 aromatic heterocycles. The fraction of sp³-hybridized carbons (Fsp3) is 0.917. The lowest BCUT2D eigenvalue weighted by Gasteiger charge is -2.19. The summed E-state index contributed by atoms with van der Waals surface area (Å²) in [5, 5.41) is 3.10. The van der Waals surface area contributed by atoms with E-state index in [0.29, 0.717) is 18.2 Å². The van der Waals surface area contributed by atoms with Gasteiger partial charge < -0.3 is 10.1 Å². The molecule has 1 amide bonds. The molecule has 1 saturated carbocycles. The van der Waals surface area contributed by atoms with Crippen LogP contribution in [0, 0.1) is 5.92 Å². The summed E-state index contributed by atoms with van der Waals surface area (Å²) >= 11 is 5.58. The van der Waals surface area contributed by atoms with Crippen molar-refractivity contribution in [2.45, 2.75) is 50.7 Å². The number of nitrogens with one attached hydrogen (secondary N) is 1. The van der Waals surface area contributed by atoms with Gasteiger partial charge in [-0.25, -0.2) is 0 Å². The van der Waals surface area contributed by atoms with Crippen LogP contribution in [0.3, 0.4) is 0 Å². The molecule has 1 saturated heterocycles. The standard InChI is InChI=1S/C12H20ClNO2/c13-7-2-1-3-11(15)14-10-6-8-16-12(10)9-4-5-9/h9-10,12H,1-8H2,(H,14,15). The molecule has 92 valence electrons. The van der Waals surface area contributed by atoms with E-state index in [9.17, 15) is 4.79 Å². The minimum atomic E-state index is 0.159. The Kier molecular flexibility index (Phi) is 4.47. The summed E-state index contributed by atoms with van der Waals surface area (Å²) in [7, 11) is 0. The summed E-state index contributed by atoms with van der Waals surface area (Å²) in [6, 6.07) is 0.260. The molecule has 1 heterocycles. The van der Waals surface area contributed by atoms with Crippen molar-refractivity contribution in [1.82, 2.24) is 5.32 Å². The fourth-order valence-electron chi connectivity index (χ4n) is 2.31. The number of rotatable bonds is 6. The molecule has 1 aliphatic heterocycles. The molecular weight excluding hydrogens is 226 g/mol. The molecule has 2 rings (SSSR count). The molecule has 0 bridgehead atoms. The highest BCUT2D eigenvalue weighted by Gasteiger charge is 2.40. The van der Waals surface area contributed by atoms with Crippen molar-refractivity contribution in [3.63, 3.8) is 0 Å². The molecule has 0 aromatic rings. The number of carbonyl (C=O) groups is 1. The lowest BCUT2D eigenvalue weighted by atomic mass is 10.1. The highest BCUT2D eigenvalue weighted by Crippen LogP contribution is 2.38. The predicted molar refractivity (Wildman–Crippen MR) is 63.6 cm³/mol. The maximum Gasteiger partial charge on any atom is 0.220 e. The van der Waals surface area contributed by atoms with Crippen LogP contribution in [0.2, 0.25) is 0 Å². The van der Waals surface area contributed by atoms with Gasteiger partial charge in [-0.3, -0.25) is 4.79 Å². The van der Waals surface area contributed by atoms with Crippen LogP contribution in [0.4, 0.5) is 0 Å². The Labute approximate surface area is 102 Å². The van der Waals surface area contributed by atoms with Crippen LogP contribution in [0.15, 0.2) is 0 Å². The minimum Gasteiger partial charge on any atom is -0.376 e. The van der Waals surface area contributed by atoms with E-state index in [0.717, 1.165) is 25.9 Å². The summed E-state index contributed by atoms with van der Waals surface area (Å²) < 4.78 is 5.68. The highest BCUT2D eigenvalue weighted by atomic mass is 35.5. The van der Waals surface area contributed by atoms with Gasteiger partial charge in [-0.15, -0.1) is 11.6 Å². The number of carbonyl (C=O) groups excluding carboxylic acids is 1. The summed E-state index contributed by atoms with van der Waals surface area (Å²) in [5.74, 6) is 1.51. The lowest BCUT2D eigenvalue weighted by Crippen LogP contribution is -2.41. The maximum atomic E-state index is 11.7. The monoisotopic (exact) mass is 245 g/mol. The van der Waals surface area contributed by atoms with Crippen molar-refractivity contribution >= 4 is 17.5 Å². The predicted octanol–water partition coefficient (Wildman–Crippen LogP) is 2.08. The van der Waals surface area contributed by atoms with Crippen molar-refractivity contribution in [2.75, 3.05) is 12.5 Å². The van der Waals surface area contributed by atoms with Crippen molar-refractivity contribution in [1.29, 1.82) is 0 Å². The van der Waals surface area contributed by atoms with Crippen molar-refractivity contribution in [3.8, 4) is 0 Å². The number of alkyl halides is 1. The molecule has 3 nitrogen and oxygen atoms in total. The highest BCUT2D eigenvalue weighted by molar-refractivity contribution is 6.17. The Hall–Kier alpha value is -0.280. The van der Waals surface area contributed by atoms with E-state index in [-0.39, 0.29) is 18.1 Å². The topological polar surface area (TPSA) is 38.3 Å². The van der Waals surface area contributed by atoms with Crippen molar-refractivity contribution in [2.24, 2.45) is 5.92 Å². The SMILES string of the molecule is O=C(CCCCCl)NC1CCOC1C1CC1. The summed E-state index contributed by atoms with van der Waals surface area (Å²) in [5.41, 5.74) is 0. The number of amides is 1. The average molecular weight is 246 g/mol. The molecule has 4 heteroatoms. The van der Waals surface area contributed by atoms with Crippen LogP contribution in [0.5, 0.6) is 0 Å². The van der Waals surface area contributed by atoms with Gasteiger partial charge in [0.05, 0.1) is 12.1 Å². The van der Waals surface area contributed by atoms with E-state index in [2.05, 4.69) is 5.32 Å². The third kappa shape index (κ3) is 3.36. The number of unbranched alkanes of at least 4 members (excludes halogenated alkanes) is 1. The molecule has 1 aliphatic carbocycles. The molecule has 2 fully saturated rings. The molecular formula is C12H20ClNO2. The Bertz CT molecular complexity index is 243. The first-order valence-corrected chi connectivity index (χ1v) is 6.81. The van der Waals surface area contributed by atoms with Gasteiger partial charge in [0.25, 0.3) is 0 Å². The summed E-state index contributed by atoms with van der Waals surface area (Å²) in [6.45, 7) is 0.799. The first-order chi connectivity index (χ1) is 7.81. The van der Waals surface area contributed by atoms with Crippen molar-refractivity contribution in [3.05, 3.63) is 0 Å². The maximum absolute atomic E-state index is 11.7. The second-order valence-electron chi connectivity index (χ2n) is 4.78.